The van der Waals surface area contributed by atoms with Crippen LogP contribution in [0, 0.1) is 0 Å². The normalized spacial score (nSPS) is 10.7. The molecular weight excluding hydrogens is 387 g/mol. The Morgan fingerprint density at radius 2 is 1.74 bits per heavy atom. The van der Waals surface area contributed by atoms with Gasteiger partial charge in [0.15, 0.2) is 11.5 Å². The number of amides is 1. The highest BCUT2D eigenvalue weighted by Gasteiger charge is 2.13. The maximum absolute atomic E-state index is 12.4. The molecule has 7 heteroatoms. The molecule has 0 saturated heterocycles. The van der Waals surface area contributed by atoms with Crippen molar-refractivity contribution >= 4 is 29.1 Å². The fourth-order valence-corrected chi connectivity index (χ4v) is 2.80. The summed E-state index contributed by atoms with van der Waals surface area (Å²) in [6.45, 7) is 1.85. The molecule has 0 heterocycles. The third-order valence-corrected chi connectivity index (χ3v) is 4.77. The zero-order valence-electron chi connectivity index (χ0n) is 15.7. The molecule has 0 aliphatic carbocycles. The topological polar surface area (TPSA) is 42.0 Å². The van der Waals surface area contributed by atoms with Gasteiger partial charge in [0.25, 0.3) is 0 Å². The number of para-hydroxylation sites is 2. The molecular formula is C20H24Cl2N2O3. The molecule has 0 unspecified atom stereocenters. The molecule has 0 aliphatic rings. The Morgan fingerprint density at radius 1 is 1.04 bits per heavy atom. The van der Waals surface area contributed by atoms with Crippen LogP contribution < -0.4 is 9.47 Å². The number of benzene rings is 2. The molecule has 0 aromatic heterocycles. The van der Waals surface area contributed by atoms with Crippen molar-refractivity contribution in [2.24, 2.45) is 0 Å². The Hall–Kier alpha value is -1.95. The summed E-state index contributed by atoms with van der Waals surface area (Å²) < 4.78 is 11.0. The van der Waals surface area contributed by atoms with Crippen LogP contribution in [0.3, 0.4) is 0 Å². The largest absolute Gasteiger partial charge is 0.493 e. The summed E-state index contributed by atoms with van der Waals surface area (Å²) in [7, 11) is 5.26. The van der Waals surface area contributed by atoms with E-state index in [0.29, 0.717) is 47.8 Å². The van der Waals surface area contributed by atoms with Crippen LogP contribution in [0.1, 0.15) is 5.56 Å². The summed E-state index contributed by atoms with van der Waals surface area (Å²) in [5, 5.41) is 0.991. The molecule has 0 fully saturated rings. The van der Waals surface area contributed by atoms with Crippen molar-refractivity contribution < 1.29 is 14.3 Å². The third kappa shape index (κ3) is 6.61. The van der Waals surface area contributed by atoms with Gasteiger partial charge in [-0.3, -0.25) is 9.69 Å². The highest BCUT2D eigenvalue weighted by atomic mass is 35.5. The predicted molar refractivity (Wildman–Crippen MR) is 109 cm³/mol. The number of rotatable bonds is 9. The second-order valence-corrected chi connectivity index (χ2v) is 7.05. The first-order valence-corrected chi connectivity index (χ1v) is 9.28. The van der Waals surface area contributed by atoms with Crippen molar-refractivity contribution in [1.29, 1.82) is 0 Å². The van der Waals surface area contributed by atoms with E-state index in [9.17, 15) is 4.79 Å². The van der Waals surface area contributed by atoms with Gasteiger partial charge < -0.3 is 14.4 Å². The van der Waals surface area contributed by atoms with E-state index in [1.54, 1.807) is 31.2 Å². The summed E-state index contributed by atoms with van der Waals surface area (Å²) in [5.74, 6) is 1.40. The van der Waals surface area contributed by atoms with E-state index in [2.05, 4.69) is 0 Å². The number of halogens is 2. The number of carbonyl (C=O) groups excluding carboxylic acids is 1. The summed E-state index contributed by atoms with van der Waals surface area (Å²) in [5.41, 5.74) is 0.933. The number of ether oxygens (including phenoxy) is 2. The zero-order chi connectivity index (χ0) is 19.8. The Labute approximate surface area is 170 Å². The van der Waals surface area contributed by atoms with Gasteiger partial charge in [0, 0.05) is 20.1 Å². The molecule has 0 saturated carbocycles. The van der Waals surface area contributed by atoms with Gasteiger partial charge in [0.2, 0.25) is 5.91 Å². The van der Waals surface area contributed by atoms with Crippen LogP contribution in [0.5, 0.6) is 11.5 Å². The number of methoxy groups -OCH3 is 1. The highest BCUT2D eigenvalue weighted by molar-refractivity contribution is 6.42. The Bertz CT molecular complexity index is 771. The molecule has 2 aromatic rings. The van der Waals surface area contributed by atoms with Gasteiger partial charge in [-0.15, -0.1) is 0 Å². The van der Waals surface area contributed by atoms with Gasteiger partial charge in [0.1, 0.15) is 6.61 Å². The molecule has 0 atom stereocenters. The zero-order valence-corrected chi connectivity index (χ0v) is 17.3. The summed E-state index contributed by atoms with van der Waals surface area (Å²) >= 11 is 11.9. The molecule has 27 heavy (non-hydrogen) atoms. The summed E-state index contributed by atoms with van der Waals surface area (Å²) in [4.78, 5) is 16.0. The maximum Gasteiger partial charge on any atom is 0.236 e. The van der Waals surface area contributed by atoms with Gasteiger partial charge in [-0.05, 0) is 36.9 Å². The first kappa shape index (κ1) is 21.4. The molecule has 2 rings (SSSR count). The molecule has 1 amide bonds. The fraction of sp³-hybridized carbons (Fsp3) is 0.350. The van der Waals surface area contributed by atoms with Gasteiger partial charge in [-0.1, -0.05) is 41.4 Å². The molecule has 0 spiro atoms. The smallest absolute Gasteiger partial charge is 0.236 e. The average molecular weight is 411 g/mol. The highest BCUT2D eigenvalue weighted by Crippen LogP contribution is 2.25. The minimum Gasteiger partial charge on any atom is -0.493 e. The van der Waals surface area contributed by atoms with Crippen molar-refractivity contribution in [2.75, 3.05) is 40.9 Å². The lowest BCUT2D eigenvalue weighted by Crippen LogP contribution is -2.37. The maximum atomic E-state index is 12.4. The van der Waals surface area contributed by atoms with E-state index in [-0.39, 0.29) is 5.91 Å². The van der Waals surface area contributed by atoms with Crippen LogP contribution in [0.25, 0.3) is 0 Å². The van der Waals surface area contributed by atoms with Crippen LogP contribution in [0.15, 0.2) is 42.5 Å². The van der Waals surface area contributed by atoms with E-state index in [0.717, 1.165) is 5.56 Å². The van der Waals surface area contributed by atoms with Crippen molar-refractivity contribution in [2.45, 2.75) is 6.54 Å². The standard InChI is InChI=1S/C20H24Cl2N2O3/c1-23(10-11-27-19-7-5-4-6-18(19)26-3)14-20(25)24(2)13-15-8-9-16(21)17(22)12-15/h4-9,12H,10-11,13-14H2,1-3H3. The van der Waals surface area contributed by atoms with Gasteiger partial charge in [0.05, 0.1) is 23.7 Å². The van der Waals surface area contributed by atoms with Crippen LogP contribution in [-0.2, 0) is 11.3 Å². The molecule has 2 aromatic carbocycles. The molecule has 0 bridgehead atoms. The third-order valence-electron chi connectivity index (χ3n) is 4.03. The molecule has 0 N–H and O–H groups in total. The van der Waals surface area contributed by atoms with Crippen LogP contribution in [-0.4, -0.2) is 56.6 Å². The monoisotopic (exact) mass is 410 g/mol. The van der Waals surface area contributed by atoms with Crippen molar-refractivity contribution in [3.8, 4) is 11.5 Å². The molecule has 146 valence electrons. The van der Waals surface area contributed by atoms with Crippen molar-refractivity contribution in [1.82, 2.24) is 9.80 Å². The minimum atomic E-state index is 0.0147. The Morgan fingerprint density at radius 3 is 2.41 bits per heavy atom. The minimum absolute atomic E-state index is 0.0147. The lowest BCUT2D eigenvalue weighted by molar-refractivity contribution is -0.131. The quantitative estimate of drug-likeness (QED) is 0.626. The predicted octanol–water partition coefficient (Wildman–Crippen LogP) is 3.97. The van der Waals surface area contributed by atoms with Gasteiger partial charge in [-0.2, -0.15) is 0 Å². The van der Waals surface area contributed by atoms with E-state index >= 15 is 0 Å². The van der Waals surface area contributed by atoms with Crippen molar-refractivity contribution in [3.05, 3.63) is 58.1 Å². The Balaban J connectivity index is 1.77. The number of nitrogens with zero attached hydrogens (tertiary/aromatic N) is 2. The van der Waals surface area contributed by atoms with E-state index in [4.69, 9.17) is 32.7 Å². The lowest BCUT2D eigenvalue weighted by Gasteiger charge is -2.22. The first-order chi connectivity index (χ1) is 12.9. The second-order valence-electron chi connectivity index (χ2n) is 6.24. The second kappa shape index (κ2) is 10.4. The van der Waals surface area contributed by atoms with Gasteiger partial charge in [-0.25, -0.2) is 0 Å². The lowest BCUT2D eigenvalue weighted by atomic mass is 10.2. The average Bonchev–Trinajstić information content (AvgIpc) is 2.65. The van der Waals surface area contributed by atoms with Crippen LogP contribution in [0.4, 0.5) is 0 Å². The number of hydrogen-bond acceptors (Lipinski definition) is 4. The molecule has 5 nitrogen and oxygen atoms in total. The summed E-state index contributed by atoms with van der Waals surface area (Å²) in [6, 6.07) is 12.9. The van der Waals surface area contributed by atoms with Crippen LogP contribution in [0.2, 0.25) is 10.0 Å². The number of hydrogen-bond donors (Lipinski definition) is 0. The van der Waals surface area contributed by atoms with Gasteiger partial charge >= 0.3 is 0 Å². The van der Waals surface area contributed by atoms with E-state index < -0.39 is 0 Å². The Kier molecular flexibility index (Phi) is 8.23. The van der Waals surface area contributed by atoms with Crippen molar-refractivity contribution in [3.63, 3.8) is 0 Å². The number of carbonyl (C=O) groups is 1. The summed E-state index contributed by atoms with van der Waals surface area (Å²) in [6.07, 6.45) is 0. The number of likely N-dealkylation sites (N-methyl/N-ethyl adjacent to an activating group) is 2. The SMILES string of the molecule is COc1ccccc1OCCN(C)CC(=O)N(C)Cc1ccc(Cl)c(Cl)c1. The fourth-order valence-electron chi connectivity index (χ4n) is 2.48. The molecule has 0 radical (unpaired) electrons. The van der Waals surface area contributed by atoms with E-state index in [1.807, 2.05) is 42.3 Å². The molecule has 0 aliphatic heterocycles. The first-order valence-electron chi connectivity index (χ1n) is 8.53. The van der Waals surface area contributed by atoms with E-state index in [1.165, 1.54) is 0 Å². The van der Waals surface area contributed by atoms with Crippen LogP contribution >= 0.6 is 23.2 Å².